The van der Waals surface area contributed by atoms with Gasteiger partial charge in [-0.3, -0.25) is 0 Å². The number of aromatic nitrogens is 2. The second-order valence-electron chi connectivity index (χ2n) is 34.1. The zero-order chi connectivity index (χ0) is 84.2. The first-order chi connectivity index (χ1) is 62.7. The van der Waals surface area contributed by atoms with E-state index < -0.39 is 0 Å². The van der Waals surface area contributed by atoms with E-state index in [0.717, 1.165) is 5.69 Å². The van der Waals surface area contributed by atoms with Crippen LogP contribution < -0.4 is 0 Å². The zero-order valence-corrected chi connectivity index (χ0v) is 73.5. The third-order valence-corrected chi connectivity index (χ3v) is 31.8. The minimum absolute atomic E-state index is 0.0701. The molecule has 2 nitrogen and oxygen atoms in total. The van der Waals surface area contributed by atoms with Crippen LogP contribution in [0.5, 0.6) is 0 Å². The Kier molecular flexibility index (Phi) is 18.7. The van der Waals surface area contributed by atoms with Crippen LogP contribution in [-0.4, -0.2) is 38.1 Å². The first kappa shape index (κ1) is 75.8. The second-order valence-corrected chi connectivity index (χ2v) is 38.4. The van der Waals surface area contributed by atoms with Crippen molar-refractivity contribution in [3.63, 3.8) is 0 Å². The van der Waals surface area contributed by atoms with Gasteiger partial charge < -0.3 is 0 Å². The number of hydrogen-bond donors (Lipinski definition) is 0. The Morgan fingerprint density at radius 3 is 0.882 bits per heavy atom. The predicted molar refractivity (Wildman–Crippen MR) is 543 cm³/mol. The van der Waals surface area contributed by atoms with Crippen LogP contribution in [0, 0.1) is 0 Å². The van der Waals surface area contributed by atoms with Crippen molar-refractivity contribution in [2.75, 3.05) is 0 Å². The van der Waals surface area contributed by atoms with E-state index >= 15 is 0 Å². The van der Waals surface area contributed by atoms with Gasteiger partial charge in [-0.1, -0.05) is 111 Å². The van der Waals surface area contributed by atoms with Gasteiger partial charge >= 0.3 is 635 Å². The maximum absolute atomic E-state index is 2.45. The minimum atomic E-state index is -0.0701. The molecule has 0 saturated carbocycles. The molecule has 0 radical (unpaired) electrons. The van der Waals surface area contributed by atoms with Gasteiger partial charge in [0.25, 0.3) is 0 Å². The first-order valence-corrected chi connectivity index (χ1v) is 47.2. The maximum atomic E-state index is 2.45. The number of para-hydroxylation sites is 3. The van der Waals surface area contributed by atoms with E-state index in [9.17, 15) is 0 Å². The van der Waals surface area contributed by atoms with Gasteiger partial charge in [0.15, 0.2) is 0 Å². The Morgan fingerprint density at radius 2 is 0.417 bits per heavy atom. The predicted octanol–water partition coefficient (Wildman–Crippen LogP) is 32.9. The van der Waals surface area contributed by atoms with Gasteiger partial charge in [-0.15, -0.1) is 0 Å². The summed E-state index contributed by atoms with van der Waals surface area (Å²) in [7, 11) is 0. The number of fused-ring (bicyclic) bond motifs is 15. The molecule has 0 atom stereocenters. The molecule has 4 heterocycles. The van der Waals surface area contributed by atoms with Crippen LogP contribution in [0.3, 0.4) is 0 Å². The summed E-state index contributed by atoms with van der Waals surface area (Å²) in [6.45, 7) is 4.74. The molecule has 0 aliphatic heterocycles. The number of hydrogen-bond acceptors (Lipinski definition) is 0. The summed E-state index contributed by atoms with van der Waals surface area (Å²) < 4.78 is 10.7. The fourth-order valence-electron chi connectivity index (χ4n) is 20.1. The third-order valence-electron chi connectivity index (χ3n) is 26.4. The summed E-state index contributed by atoms with van der Waals surface area (Å²) in [4.78, 5) is 0. The van der Waals surface area contributed by atoms with Crippen LogP contribution in [0.15, 0.2) is 461 Å². The number of rotatable bonds is 13. The zero-order valence-electron chi connectivity index (χ0n) is 70.1. The van der Waals surface area contributed by atoms with Crippen LogP contribution >= 0.6 is 0 Å². The van der Waals surface area contributed by atoms with E-state index in [1.165, 1.54) is 233 Å². The molecule has 0 unspecified atom stereocenters. The Morgan fingerprint density at radius 1 is 0.157 bits per heavy atom. The monoisotopic (exact) mass is 1750 g/mol. The average Bonchev–Trinajstić information content (AvgIpc) is 1.62. The Hall–Kier alpha value is -15.0. The van der Waals surface area contributed by atoms with Crippen molar-refractivity contribution in [3.8, 4) is 145 Å². The molecule has 1 aliphatic rings. The molecule has 24 aromatic rings. The van der Waals surface area contributed by atoms with Crippen molar-refractivity contribution in [1.29, 1.82) is 0 Å². The van der Waals surface area contributed by atoms with Crippen molar-refractivity contribution in [2.24, 2.45) is 0 Å². The molecule has 1 aliphatic carbocycles. The number of nitrogens with zero attached hydrogens (tertiary/aromatic N) is 2. The van der Waals surface area contributed by atoms with Gasteiger partial charge in [-0.2, -0.15) is 0 Å². The molecule has 0 spiro atoms. The van der Waals surface area contributed by atoms with Crippen LogP contribution in [0.2, 0.25) is 0 Å². The standard InChI is InChI=1S/C69H47NSe.C54H35NSe/c1-69(2)63-30-13-12-25-57(63)58-34-31-50(43-64(58)69)46-21-14-22-47(37-46)51-38-52(40-53(39-51)56-27-16-29-60-59-28-15-26-55(67(59)71-68(56)60)45-19-8-4-9-20-45)49-33-36-66-62(42-49)61-41-48(44-17-6-3-7-18-44)32-35-65(61)70(66)54-23-10-5-11-24-54;1-4-14-36(15-5-1)37-26-28-38(29-27-37)41-32-42(40-30-31-52-50(35-40)47-20-10-11-25-51(47)55(52)44-18-8-3-9-19-44)34-43(33-41)46-22-13-24-49-48-23-12-21-45(53(48)56-54(46)49)39-16-6-2-7-17-39/h3-43H,1-2H3;1-35H. The topological polar surface area (TPSA) is 9.86 Å². The SMILES string of the molecule is CC1(C)c2ccccc2-c2ccc(-c3cccc(-c4cc(-c5ccc6c(c5)c5cc(-c7ccccc7)ccc5n6-c5ccccc5)cc(-c5cccc6c5[se]c5c(-c7ccccc7)cccc56)c4)c3)cc21.c1ccc(-c2ccc(-c3cc(-c4ccc5c(c4)c4ccccc4n5-c4ccccc4)cc(-c4cccc5c4[se]c4c(-c6ccccc6)cccc45)c3)cc2)cc1. The van der Waals surface area contributed by atoms with E-state index in [4.69, 9.17) is 0 Å². The van der Waals surface area contributed by atoms with Crippen LogP contribution in [0.1, 0.15) is 25.0 Å². The molecule has 0 amide bonds. The van der Waals surface area contributed by atoms with Gasteiger partial charge in [0.05, 0.1) is 0 Å². The molecule has 0 saturated heterocycles. The molecule has 0 bridgehead atoms. The average molecular weight is 1750 g/mol. The normalized spacial score (nSPS) is 12.2. The fraction of sp³-hybridized carbons (Fsp3) is 0.0244. The molecular formula is C123H82N2Se2. The summed E-state index contributed by atoms with van der Waals surface area (Å²) in [5.74, 6) is 0. The molecule has 20 aromatic carbocycles. The van der Waals surface area contributed by atoms with E-state index in [2.05, 4.69) is 484 Å². The van der Waals surface area contributed by atoms with E-state index in [0.29, 0.717) is 0 Å². The van der Waals surface area contributed by atoms with Crippen molar-refractivity contribution in [1.82, 2.24) is 9.13 Å². The second kappa shape index (κ2) is 31.4. The summed E-state index contributed by atoms with van der Waals surface area (Å²) in [6, 6.07) is 171. The van der Waals surface area contributed by atoms with Crippen LogP contribution in [0.25, 0.3) is 227 Å². The van der Waals surface area contributed by atoms with E-state index in [-0.39, 0.29) is 34.4 Å². The quantitative estimate of drug-likeness (QED) is 0.102. The van der Waals surface area contributed by atoms with Gasteiger partial charge in [-0.25, -0.2) is 0 Å². The Labute approximate surface area is 750 Å². The van der Waals surface area contributed by atoms with Crippen molar-refractivity contribution < 1.29 is 0 Å². The Bertz CT molecular complexity index is 8420. The summed E-state index contributed by atoms with van der Waals surface area (Å²) in [5.41, 5.74) is 40.0. The molecule has 0 N–H and O–H groups in total. The Balaban J connectivity index is 0.000000146. The summed E-state index contributed by atoms with van der Waals surface area (Å²) in [5, 5.41) is 10.5. The molecule has 0 fully saturated rings. The van der Waals surface area contributed by atoms with E-state index in [1.807, 2.05) is 0 Å². The third kappa shape index (κ3) is 13.3. The van der Waals surface area contributed by atoms with Gasteiger partial charge in [-0.05, 0) is 11.1 Å². The molecule has 596 valence electrons. The molecule has 127 heavy (non-hydrogen) atoms. The fourth-order valence-corrected chi connectivity index (χ4v) is 25.9. The molecule has 25 rings (SSSR count). The van der Waals surface area contributed by atoms with Gasteiger partial charge in [0.1, 0.15) is 0 Å². The van der Waals surface area contributed by atoms with Gasteiger partial charge in [0.2, 0.25) is 0 Å². The van der Waals surface area contributed by atoms with Crippen molar-refractivity contribution >= 4 is 111 Å². The molecular weight excluding hydrogens is 1660 g/mol. The summed E-state index contributed by atoms with van der Waals surface area (Å²) in [6.07, 6.45) is 0. The van der Waals surface area contributed by atoms with Crippen molar-refractivity contribution in [2.45, 2.75) is 19.3 Å². The van der Waals surface area contributed by atoms with Crippen molar-refractivity contribution in [3.05, 3.63) is 472 Å². The van der Waals surface area contributed by atoms with Crippen LogP contribution in [0.4, 0.5) is 0 Å². The van der Waals surface area contributed by atoms with E-state index in [1.54, 1.807) is 0 Å². The summed E-state index contributed by atoms with van der Waals surface area (Å²) >= 11 is 0.263. The van der Waals surface area contributed by atoms with Gasteiger partial charge in [0, 0.05) is 0 Å². The molecule has 4 heteroatoms. The van der Waals surface area contributed by atoms with Crippen LogP contribution in [-0.2, 0) is 5.41 Å². The first-order valence-electron chi connectivity index (χ1n) is 43.8. The number of benzene rings is 20. The molecule has 4 aromatic heterocycles.